The zero-order chi connectivity index (χ0) is 14.5. The van der Waals surface area contributed by atoms with Crippen molar-refractivity contribution in [1.29, 1.82) is 0 Å². The van der Waals surface area contributed by atoms with Gasteiger partial charge in [-0.1, -0.05) is 18.2 Å². The molecule has 5 nitrogen and oxygen atoms in total. The van der Waals surface area contributed by atoms with E-state index in [0.29, 0.717) is 5.56 Å². The van der Waals surface area contributed by atoms with Crippen molar-refractivity contribution in [2.24, 2.45) is 5.73 Å². The van der Waals surface area contributed by atoms with E-state index in [-0.39, 0.29) is 30.4 Å². The Balaban J connectivity index is 2.16. The Labute approximate surface area is 114 Å². The maximum absolute atomic E-state index is 12.8. The number of hydrogen-bond donors (Lipinski definition) is 1. The Morgan fingerprint density at radius 1 is 1.15 bits per heavy atom. The van der Waals surface area contributed by atoms with E-state index in [1.807, 2.05) is 0 Å². The monoisotopic (exact) mass is 276 g/mol. The molecule has 2 aromatic rings. The smallest absolute Gasteiger partial charge is 0.311 e. The van der Waals surface area contributed by atoms with Gasteiger partial charge in [0.25, 0.3) is 0 Å². The summed E-state index contributed by atoms with van der Waals surface area (Å²) in [4.78, 5) is 10.5. The van der Waals surface area contributed by atoms with Gasteiger partial charge in [0, 0.05) is 12.6 Å². The second kappa shape index (κ2) is 6.12. The summed E-state index contributed by atoms with van der Waals surface area (Å²) in [5.74, 6) is -0.177. The van der Waals surface area contributed by atoms with E-state index in [4.69, 9.17) is 10.5 Å². The molecule has 0 radical (unpaired) electrons. The second-order valence-electron chi connectivity index (χ2n) is 4.18. The Morgan fingerprint density at radius 3 is 2.40 bits per heavy atom. The first kappa shape index (κ1) is 14.0. The highest BCUT2D eigenvalue weighted by Gasteiger charge is 2.15. The van der Waals surface area contributed by atoms with Gasteiger partial charge in [0.15, 0.2) is 5.75 Å². The van der Waals surface area contributed by atoms with Crippen LogP contribution in [0.5, 0.6) is 5.75 Å². The van der Waals surface area contributed by atoms with Crippen LogP contribution in [0.2, 0.25) is 0 Å². The molecule has 0 saturated carbocycles. The summed E-state index contributed by atoms with van der Waals surface area (Å²) in [7, 11) is 0. The number of nitrogens with zero attached hydrogens (tertiary/aromatic N) is 1. The number of rotatable bonds is 5. The van der Waals surface area contributed by atoms with Crippen molar-refractivity contribution < 1.29 is 14.1 Å². The van der Waals surface area contributed by atoms with Crippen molar-refractivity contribution in [3.63, 3.8) is 0 Å². The van der Waals surface area contributed by atoms with Gasteiger partial charge in [-0.2, -0.15) is 0 Å². The molecule has 0 heterocycles. The van der Waals surface area contributed by atoms with Crippen LogP contribution in [-0.2, 0) is 13.2 Å². The maximum atomic E-state index is 12.8. The molecule has 6 heteroatoms. The van der Waals surface area contributed by atoms with Crippen molar-refractivity contribution in [2.75, 3.05) is 0 Å². The van der Waals surface area contributed by atoms with Crippen molar-refractivity contribution in [2.45, 2.75) is 13.2 Å². The molecule has 0 aliphatic heterocycles. The van der Waals surface area contributed by atoms with Gasteiger partial charge in [-0.15, -0.1) is 0 Å². The van der Waals surface area contributed by atoms with Crippen LogP contribution in [0, 0.1) is 15.9 Å². The number of halogens is 1. The molecule has 2 aromatic carbocycles. The molecule has 0 saturated heterocycles. The van der Waals surface area contributed by atoms with E-state index in [1.165, 1.54) is 24.3 Å². The lowest BCUT2D eigenvalue weighted by Crippen LogP contribution is -2.02. The minimum Gasteiger partial charge on any atom is -0.482 e. The Morgan fingerprint density at radius 2 is 1.80 bits per heavy atom. The Kier molecular flexibility index (Phi) is 4.27. The average molecular weight is 276 g/mol. The third-order valence-electron chi connectivity index (χ3n) is 2.76. The number of nitro groups is 1. The van der Waals surface area contributed by atoms with Crippen LogP contribution in [0.25, 0.3) is 0 Å². The number of nitro benzene ring substituents is 1. The van der Waals surface area contributed by atoms with Crippen LogP contribution < -0.4 is 10.5 Å². The van der Waals surface area contributed by atoms with Gasteiger partial charge >= 0.3 is 5.69 Å². The number of ether oxygens (including phenoxy) is 1. The first-order valence-corrected chi connectivity index (χ1v) is 5.95. The number of nitrogens with two attached hydrogens (primary N) is 1. The summed E-state index contributed by atoms with van der Waals surface area (Å²) in [5.41, 5.74) is 6.70. The molecule has 0 spiro atoms. The summed E-state index contributed by atoms with van der Waals surface area (Å²) < 4.78 is 18.2. The van der Waals surface area contributed by atoms with Crippen LogP contribution >= 0.6 is 0 Å². The van der Waals surface area contributed by atoms with Crippen molar-refractivity contribution in [3.05, 3.63) is 69.5 Å². The minimum absolute atomic E-state index is 0.128. The summed E-state index contributed by atoms with van der Waals surface area (Å²) in [6.07, 6.45) is 0. The molecule has 0 aromatic heterocycles. The average Bonchev–Trinajstić information content (AvgIpc) is 2.46. The van der Waals surface area contributed by atoms with Crippen molar-refractivity contribution in [1.82, 2.24) is 0 Å². The van der Waals surface area contributed by atoms with Gasteiger partial charge in [0.1, 0.15) is 12.4 Å². The fourth-order valence-electron chi connectivity index (χ4n) is 1.70. The van der Waals surface area contributed by atoms with Crippen LogP contribution in [0.1, 0.15) is 11.1 Å². The molecule has 0 fully saturated rings. The maximum Gasteiger partial charge on any atom is 0.311 e. The van der Waals surface area contributed by atoms with E-state index in [1.54, 1.807) is 18.2 Å². The highest BCUT2D eigenvalue weighted by Crippen LogP contribution is 2.28. The first-order chi connectivity index (χ1) is 9.60. The largest absolute Gasteiger partial charge is 0.482 e. The lowest BCUT2D eigenvalue weighted by molar-refractivity contribution is -0.386. The molecule has 2 N–H and O–H groups in total. The highest BCUT2D eigenvalue weighted by molar-refractivity contribution is 5.48. The van der Waals surface area contributed by atoms with E-state index in [0.717, 1.165) is 5.56 Å². The molecule has 2 rings (SSSR count). The predicted molar refractivity (Wildman–Crippen MR) is 71.7 cm³/mol. The van der Waals surface area contributed by atoms with Gasteiger partial charge in [-0.05, 0) is 29.3 Å². The van der Waals surface area contributed by atoms with Gasteiger partial charge in [-0.25, -0.2) is 4.39 Å². The fraction of sp³-hybridized carbons (Fsp3) is 0.143. The van der Waals surface area contributed by atoms with Gasteiger partial charge in [0.2, 0.25) is 0 Å². The SMILES string of the molecule is NCc1ccc(OCc2ccc(F)cc2)c([N+](=O)[O-])c1. The molecule has 0 aliphatic carbocycles. The number of benzene rings is 2. The molecule has 0 unspecified atom stereocenters. The summed E-state index contributed by atoms with van der Waals surface area (Å²) in [6, 6.07) is 10.3. The lowest BCUT2D eigenvalue weighted by Gasteiger charge is -2.08. The van der Waals surface area contributed by atoms with Crippen LogP contribution in [-0.4, -0.2) is 4.92 Å². The van der Waals surface area contributed by atoms with E-state index >= 15 is 0 Å². The molecule has 104 valence electrons. The second-order valence-corrected chi connectivity index (χ2v) is 4.18. The Hall–Kier alpha value is -2.47. The molecule has 0 bridgehead atoms. The molecular weight excluding hydrogens is 263 g/mol. The topological polar surface area (TPSA) is 78.4 Å². The third kappa shape index (κ3) is 3.30. The lowest BCUT2D eigenvalue weighted by atomic mass is 10.2. The molecule has 20 heavy (non-hydrogen) atoms. The highest BCUT2D eigenvalue weighted by atomic mass is 19.1. The summed E-state index contributed by atoms with van der Waals surface area (Å²) in [6.45, 7) is 0.349. The van der Waals surface area contributed by atoms with E-state index < -0.39 is 4.92 Å². The van der Waals surface area contributed by atoms with E-state index in [2.05, 4.69) is 0 Å². The third-order valence-corrected chi connectivity index (χ3v) is 2.76. The number of hydrogen-bond acceptors (Lipinski definition) is 4. The van der Waals surface area contributed by atoms with Gasteiger partial charge < -0.3 is 10.5 Å². The van der Waals surface area contributed by atoms with Gasteiger partial charge in [-0.3, -0.25) is 10.1 Å². The quantitative estimate of drug-likeness (QED) is 0.672. The summed E-state index contributed by atoms with van der Waals surface area (Å²) >= 11 is 0. The molecular formula is C14H13FN2O3. The standard InChI is InChI=1S/C14H13FN2O3/c15-12-4-1-10(2-5-12)9-20-14-6-3-11(8-16)7-13(14)17(18)19/h1-7H,8-9,16H2. The zero-order valence-corrected chi connectivity index (χ0v) is 10.6. The minimum atomic E-state index is -0.515. The zero-order valence-electron chi connectivity index (χ0n) is 10.6. The first-order valence-electron chi connectivity index (χ1n) is 5.95. The van der Waals surface area contributed by atoms with Crippen LogP contribution in [0.4, 0.5) is 10.1 Å². The van der Waals surface area contributed by atoms with Crippen molar-refractivity contribution >= 4 is 5.69 Å². The molecule has 0 aliphatic rings. The molecule has 0 atom stereocenters. The normalized spacial score (nSPS) is 10.3. The fourth-order valence-corrected chi connectivity index (χ4v) is 1.70. The predicted octanol–water partition coefficient (Wildman–Crippen LogP) is 2.77. The summed E-state index contributed by atoms with van der Waals surface area (Å²) in [5, 5.41) is 11.0. The van der Waals surface area contributed by atoms with Gasteiger partial charge in [0.05, 0.1) is 4.92 Å². The Bertz CT molecular complexity index is 614. The van der Waals surface area contributed by atoms with Crippen LogP contribution in [0.15, 0.2) is 42.5 Å². The van der Waals surface area contributed by atoms with E-state index in [9.17, 15) is 14.5 Å². The van der Waals surface area contributed by atoms with Crippen molar-refractivity contribution in [3.8, 4) is 5.75 Å². The molecule has 0 amide bonds. The van der Waals surface area contributed by atoms with Crippen LogP contribution in [0.3, 0.4) is 0 Å².